The number of ether oxygens (including phenoxy) is 1. The Bertz CT molecular complexity index is 681. The van der Waals surface area contributed by atoms with Gasteiger partial charge in [0.2, 0.25) is 0 Å². The van der Waals surface area contributed by atoms with E-state index in [0.29, 0.717) is 4.88 Å². The van der Waals surface area contributed by atoms with E-state index in [1.54, 1.807) is 19.1 Å². The Morgan fingerprint density at radius 3 is 2.41 bits per heavy atom. The molecule has 1 aromatic carbocycles. The minimum atomic E-state index is -0.492. The monoisotopic (exact) mass is 320 g/mol. The van der Waals surface area contributed by atoms with Gasteiger partial charge in [-0.2, -0.15) is 0 Å². The molecule has 1 atom stereocenters. The summed E-state index contributed by atoms with van der Waals surface area (Å²) in [7, 11) is 3.28. The molecule has 2 aromatic rings. The number of carbonyl (C=O) groups excluding carboxylic acids is 1. The summed E-state index contributed by atoms with van der Waals surface area (Å²) >= 11 is 0.886. The highest BCUT2D eigenvalue weighted by Crippen LogP contribution is 2.28. The van der Waals surface area contributed by atoms with Gasteiger partial charge in [0.05, 0.1) is 23.0 Å². The van der Waals surface area contributed by atoms with Crippen molar-refractivity contribution in [3.05, 3.63) is 57.0 Å². The van der Waals surface area contributed by atoms with E-state index in [2.05, 4.69) is 0 Å². The molecule has 7 heteroatoms. The molecule has 0 fully saturated rings. The average Bonchev–Trinajstić information content (AvgIpc) is 3.03. The van der Waals surface area contributed by atoms with Crippen LogP contribution in [0.4, 0.5) is 5.00 Å². The lowest BCUT2D eigenvalue weighted by Crippen LogP contribution is -2.29. The third-order valence-electron chi connectivity index (χ3n) is 3.48. The normalized spacial score (nSPS) is 11.8. The van der Waals surface area contributed by atoms with E-state index in [-0.39, 0.29) is 17.0 Å². The van der Waals surface area contributed by atoms with Gasteiger partial charge >= 0.3 is 5.00 Å². The fraction of sp³-hybridized carbons (Fsp3) is 0.267. The van der Waals surface area contributed by atoms with Crippen molar-refractivity contribution in [2.24, 2.45) is 0 Å². The van der Waals surface area contributed by atoms with Gasteiger partial charge in [0.15, 0.2) is 0 Å². The van der Waals surface area contributed by atoms with Crippen LogP contribution in [0.3, 0.4) is 0 Å². The number of hydrogen-bond acceptors (Lipinski definition) is 5. The number of nitro groups is 1. The Balaban J connectivity index is 2.15. The average molecular weight is 320 g/mol. The molecule has 0 aliphatic carbocycles. The zero-order valence-corrected chi connectivity index (χ0v) is 13.3. The molecule has 1 heterocycles. The van der Waals surface area contributed by atoms with Crippen LogP contribution in [0.5, 0.6) is 5.75 Å². The third kappa shape index (κ3) is 3.25. The van der Waals surface area contributed by atoms with E-state index in [1.807, 2.05) is 31.2 Å². The van der Waals surface area contributed by atoms with Crippen molar-refractivity contribution in [1.82, 2.24) is 4.90 Å². The van der Waals surface area contributed by atoms with Crippen molar-refractivity contribution in [1.29, 1.82) is 0 Å². The Morgan fingerprint density at radius 1 is 1.27 bits per heavy atom. The number of thiophene rings is 1. The molecule has 0 saturated heterocycles. The molecule has 0 radical (unpaired) electrons. The van der Waals surface area contributed by atoms with E-state index < -0.39 is 4.92 Å². The smallest absolute Gasteiger partial charge is 0.324 e. The number of carbonyl (C=O) groups is 1. The van der Waals surface area contributed by atoms with E-state index in [9.17, 15) is 14.9 Å². The van der Waals surface area contributed by atoms with Crippen molar-refractivity contribution >= 4 is 22.2 Å². The van der Waals surface area contributed by atoms with Crippen LogP contribution in [-0.2, 0) is 0 Å². The summed E-state index contributed by atoms with van der Waals surface area (Å²) in [5.74, 6) is 0.514. The molecule has 1 aromatic heterocycles. The summed E-state index contributed by atoms with van der Waals surface area (Å²) in [4.78, 5) is 24.5. The molecule has 1 amide bonds. The Morgan fingerprint density at radius 2 is 1.91 bits per heavy atom. The number of hydrogen-bond donors (Lipinski definition) is 0. The first kappa shape index (κ1) is 16.0. The predicted molar refractivity (Wildman–Crippen MR) is 84.5 cm³/mol. The first-order valence-electron chi connectivity index (χ1n) is 6.59. The molecule has 22 heavy (non-hydrogen) atoms. The number of amides is 1. The number of rotatable bonds is 5. The van der Waals surface area contributed by atoms with Crippen molar-refractivity contribution in [2.75, 3.05) is 14.2 Å². The molecule has 0 aliphatic heterocycles. The van der Waals surface area contributed by atoms with Gasteiger partial charge in [-0.25, -0.2) is 0 Å². The fourth-order valence-corrected chi connectivity index (χ4v) is 2.80. The second-order valence-electron chi connectivity index (χ2n) is 4.76. The second kappa shape index (κ2) is 6.57. The topological polar surface area (TPSA) is 72.7 Å². The van der Waals surface area contributed by atoms with Crippen molar-refractivity contribution in [3.8, 4) is 5.75 Å². The maximum absolute atomic E-state index is 12.4. The van der Waals surface area contributed by atoms with Crippen LogP contribution >= 0.6 is 11.3 Å². The molecule has 0 aliphatic rings. The lowest BCUT2D eigenvalue weighted by molar-refractivity contribution is -0.380. The quantitative estimate of drug-likeness (QED) is 0.624. The summed E-state index contributed by atoms with van der Waals surface area (Å²) in [6.07, 6.45) is 0. The maximum atomic E-state index is 12.4. The highest BCUT2D eigenvalue weighted by Gasteiger charge is 2.22. The van der Waals surface area contributed by atoms with E-state index in [1.165, 1.54) is 12.1 Å². The van der Waals surface area contributed by atoms with Gasteiger partial charge in [-0.05, 0) is 30.7 Å². The summed E-state index contributed by atoms with van der Waals surface area (Å²) in [6.45, 7) is 1.90. The van der Waals surface area contributed by atoms with Gasteiger partial charge in [0.25, 0.3) is 5.91 Å². The fourth-order valence-electron chi connectivity index (χ4n) is 2.00. The number of nitrogens with zero attached hydrogens (tertiary/aromatic N) is 2. The zero-order chi connectivity index (χ0) is 16.3. The summed E-state index contributed by atoms with van der Waals surface area (Å²) in [5.41, 5.74) is 0.961. The summed E-state index contributed by atoms with van der Waals surface area (Å²) in [5, 5.41) is 10.7. The van der Waals surface area contributed by atoms with Gasteiger partial charge in [-0.15, -0.1) is 0 Å². The largest absolute Gasteiger partial charge is 0.497 e. The van der Waals surface area contributed by atoms with Gasteiger partial charge in [-0.3, -0.25) is 14.9 Å². The molecule has 1 unspecified atom stereocenters. The van der Waals surface area contributed by atoms with E-state index in [4.69, 9.17) is 4.74 Å². The lowest BCUT2D eigenvalue weighted by atomic mass is 10.1. The standard InChI is InChI=1S/C15H16N2O4S/c1-10(11-4-6-12(21-3)7-5-11)16(2)15(18)13-8-9-14(22-13)17(19)20/h4-10H,1-3H3. The van der Waals surface area contributed by atoms with Gasteiger partial charge in [0.1, 0.15) is 5.75 Å². The van der Waals surface area contributed by atoms with Crippen LogP contribution in [0, 0.1) is 10.1 Å². The lowest BCUT2D eigenvalue weighted by Gasteiger charge is -2.25. The maximum Gasteiger partial charge on any atom is 0.324 e. The molecular weight excluding hydrogens is 304 g/mol. The predicted octanol–water partition coefficient (Wildman–Crippen LogP) is 3.50. The highest BCUT2D eigenvalue weighted by atomic mass is 32.1. The van der Waals surface area contributed by atoms with Crippen LogP contribution < -0.4 is 4.74 Å². The summed E-state index contributed by atoms with van der Waals surface area (Å²) in [6, 6.07) is 10.1. The van der Waals surface area contributed by atoms with E-state index in [0.717, 1.165) is 22.6 Å². The molecule has 0 spiro atoms. The highest BCUT2D eigenvalue weighted by molar-refractivity contribution is 7.17. The van der Waals surface area contributed by atoms with Crippen molar-refractivity contribution in [2.45, 2.75) is 13.0 Å². The molecule has 0 N–H and O–H groups in total. The molecule has 2 rings (SSSR count). The van der Waals surface area contributed by atoms with Crippen LogP contribution in [0.2, 0.25) is 0 Å². The third-order valence-corrected chi connectivity index (χ3v) is 4.51. The van der Waals surface area contributed by atoms with Crippen LogP contribution in [0.25, 0.3) is 0 Å². The first-order chi connectivity index (χ1) is 10.4. The second-order valence-corrected chi connectivity index (χ2v) is 5.82. The van der Waals surface area contributed by atoms with Gasteiger partial charge in [0, 0.05) is 13.1 Å². The van der Waals surface area contributed by atoms with Gasteiger partial charge < -0.3 is 9.64 Å². The van der Waals surface area contributed by atoms with Crippen molar-refractivity contribution in [3.63, 3.8) is 0 Å². The number of benzene rings is 1. The van der Waals surface area contributed by atoms with Crippen molar-refractivity contribution < 1.29 is 14.5 Å². The van der Waals surface area contributed by atoms with Crippen LogP contribution in [0.1, 0.15) is 28.2 Å². The SMILES string of the molecule is COc1ccc(C(C)N(C)C(=O)c2ccc([N+](=O)[O-])s2)cc1. The molecule has 116 valence electrons. The van der Waals surface area contributed by atoms with Crippen LogP contribution in [-0.4, -0.2) is 29.9 Å². The van der Waals surface area contributed by atoms with Crippen LogP contribution in [0.15, 0.2) is 36.4 Å². The zero-order valence-electron chi connectivity index (χ0n) is 12.5. The Kier molecular flexibility index (Phi) is 4.77. The first-order valence-corrected chi connectivity index (χ1v) is 7.41. The summed E-state index contributed by atoms with van der Waals surface area (Å²) < 4.78 is 5.11. The Labute approximate surface area is 132 Å². The molecular formula is C15H16N2O4S. The number of methoxy groups -OCH3 is 1. The molecule has 6 nitrogen and oxygen atoms in total. The van der Waals surface area contributed by atoms with Gasteiger partial charge in [-0.1, -0.05) is 23.5 Å². The molecule has 0 saturated carbocycles. The molecule has 0 bridgehead atoms. The van der Waals surface area contributed by atoms with E-state index >= 15 is 0 Å². The Hall–Kier alpha value is -2.41. The minimum Gasteiger partial charge on any atom is -0.497 e. The minimum absolute atomic E-state index is 0.0335.